The minimum Gasteiger partial charge on any atom is -0.394 e. The molecule has 1 rings (SSSR count). The lowest BCUT2D eigenvalue weighted by atomic mass is 9.76. The Morgan fingerprint density at radius 3 is 2.67 bits per heavy atom. The molecule has 0 bridgehead atoms. The number of carbonyl (C=O) groups excluding carboxylic acids is 1. The monoisotopic (exact) mass is 320 g/mol. The van der Waals surface area contributed by atoms with Gasteiger partial charge in [-0.1, -0.05) is 26.7 Å². The predicted molar refractivity (Wildman–Crippen MR) is 82.3 cm³/mol. The topological polar surface area (TPSA) is 95.5 Å². The molecule has 0 heterocycles. The van der Waals surface area contributed by atoms with Crippen molar-refractivity contribution < 1.29 is 18.3 Å². The average Bonchev–Trinajstić information content (AvgIpc) is 2.37. The quantitative estimate of drug-likeness (QED) is 0.645. The molecule has 0 radical (unpaired) electrons. The maximum Gasteiger partial charge on any atom is 0.238 e. The Bertz CT molecular complexity index is 452. The molecule has 6 nitrogen and oxygen atoms in total. The minimum atomic E-state index is -3.43. The number of hydrogen-bond acceptors (Lipinski definition) is 4. The number of nitrogens with one attached hydrogen (secondary N) is 2. The van der Waals surface area contributed by atoms with E-state index < -0.39 is 21.6 Å². The van der Waals surface area contributed by atoms with Crippen molar-refractivity contribution in [1.82, 2.24) is 10.0 Å². The fourth-order valence-corrected chi connectivity index (χ4v) is 4.28. The number of hydrogen-bond donors (Lipinski definition) is 3. The van der Waals surface area contributed by atoms with Gasteiger partial charge in [-0.3, -0.25) is 4.79 Å². The van der Waals surface area contributed by atoms with E-state index in [9.17, 15) is 18.3 Å². The fraction of sp³-hybridized carbons (Fsp3) is 0.929. The Hall–Kier alpha value is -0.660. The highest BCUT2D eigenvalue weighted by atomic mass is 32.2. The molecule has 7 heteroatoms. The molecule has 1 amide bonds. The predicted octanol–water partition coefficient (Wildman–Crippen LogP) is 0.762. The largest absolute Gasteiger partial charge is 0.394 e. The molecule has 0 aliphatic heterocycles. The first kappa shape index (κ1) is 18.4. The van der Waals surface area contributed by atoms with E-state index in [2.05, 4.69) is 17.0 Å². The van der Waals surface area contributed by atoms with Gasteiger partial charge in [-0.05, 0) is 32.1 Å². The summed E-state index contributed by atoms with van der Waals surface area (Å²) in [6, 6.07) is -0.831. The Balaban J connectivity index is 2.66. The van der Waals surface area contributed by atoms with Crippen LogP contribution >= 0.6 is 0 Å². The average molecular weight is 320 g/mol. The third-order valence-corrected chi connectivity index (χ3v) is 5.66. The zero-order valence-electron chi connectivity index (χ0n) is 13.2. The second-order valence-corrected chi connectivity index (χ2v) is 8.16. The first-order chi connectivity index (χ1) is 9.73. The zero-order chi connectivity index (χ0) is 16.1. The van der Waals surface area contributed by atoms with E-state index in [1.165, 1.54) is 6.92 Å². The fourth-order valence-electron chi connectivity index (χ4n) is 2.98. The van der Waals surface area contributed by atoms with Crippen LogP contribution in [0.5, 0.6) is 0 Å². The zero-order valence-corrected chi connectivity index (χ0v) is 14.0. The molecular formula is C14H28N2O4S. The first-order valence-corrected chi connectivity index (χ1v) is 9.32. The van der Waals surface area contributed by atoms with Gasteiger partial charge in [-0.2, -0.15) is 0 Å². The molecule has 1 aliphatic carbocycles. The van der Waals surface area contributed by atoms with Crippen molar-refractivity contribution in [3.63, 3.8) is 0 Å². The highest BCUT2D eigenvalue weighted by Gasteiger charge is 2.37. The molecular weight excluding hydrogens is 292 g/mol. The molecule has 0 saturated heterocycles. The molecule has 3 N–H and O–H groups in total. The van der Waals surface area contributed by atoms with Crippen LogP contribution in [0.3, 0.4) is 0 Å². The molecule has 0 aromatic heterocycles. The van der Waals surface area contributed by atoms with Gasteiger partial charge in [0, 0.05) is 0 Å². The van der Waals surface area contributed by atoms with Crippen molar-refractivity contribution in [2.75, 3.05) is 12.4 Å². The van der Waals surface area contributed by atoms with E-state index in [0.29, 0.717) is 12.3 Å². The summed E-state index contributed by atoms with van der Waals surface area (Å²) in [6.07, 6.45) is 4.01. The van der Waals surface area contributed by atoms with Crippen molar-refractivity contribution in [3.05, 3.63) is 0 Å². The van der Waals surface area contributed by atoms with E-state index >= 15 is 0 Å². The molecule has 21 heavy (non-hydrogen) atoms. The van der Waals surface area contributed by atoms with Gasteiger partial charge in [0.2, 0.25) is 15.9 Å². The van der Waals surface area contributed by atoms with E-state index in [-0.39, 0.29) is 18.3 Å². The number of aliphatic hydroxyl groups excluding tert-OH is 1. The van der Waals surface area contributed by atoms with E-state index in [4.69, 9.17) is 0 Å². The minimum absolute atomic E-state index is 0.00674. The van der Waals surface area contributed by atoms with Gasteiger partial charge in [0.05, 0.1) is 23.9 Å². The van der Waals surface area contributed by atoms with Crippen molar-refractivity contribution in [2.24, 2.45) is 5.92 Å². The molecule has 3 atom stereocenters. The summed E-state index contributed by atoms with van der Waals surface area (Å²) in [5, 5.41) is 12.5. The van der Waals surface area contributed by atoms with E-state index in [1.807, 2.05) is 0 Å². The Morgan fingerprint density at radius 1 is 1.48 bits per heavy atom. The van der Waals surface area contributed by atoms with Crippen molar-refractivity contribution in [3.8, 4) is 0 Å². The van der Waals surface area contributed by atoms with Gasteiger partial charge >= 0.3 is 0 Å². The molecule has 1 aliphatic rings. The summed E-state index contributed by atoms with van der Waals surface area (Å²) in [7, 11) is -3.43. The number of sulfonamides is 1. The van der Waals surface area contributed by atoms with Crippen LogP contribution < -0.4 is 10.0 Å². The Morgan fingerprint density at radius 2 is 2.14 bits per heavy atom. The Kier molecular flexibility index (Phi) is 6.62. The molecule has 0 aromatic rings. The smallest absolute Gasteiger partial charge is 0.238 e. The van der Waals surface area contributed by atoms with Crippen LogP contribution in [0, 0.1) is 5.92 Å². The van der Waals surface area contributed by atoms with Crippen LogP contribution in [-0.2, 0) is 14.8 Å². The number of amides is 1. The van der Waals surface area contributed by atoms with E-state index in [1.54, 1.807) is 6.92 Å². The summed E-state index contributed by atoms with van der Waals surface area (Å²) in [5.74, 6) is 0.0726. The Labute approximate surface area is 127 Å². The molecule has 3 unspecified atom stereocenters. The first-order valence-electron chi connectivity index (χ1n) is 7.66. The van der Waals surface area contributed by atoms with Gasteiger partial charge in [-0.25, -0.2) is 13.1 Å². The summed E-state index contributed by atoms with van der Waals surface area (Å²) >= 11 is 0. The highest BCUT2D eigenvalue weighted by Crippen LogP contribution is 2.32. The van der Waals surface area contributed by atoms with Gasteiger partial charge < -0.3 is 10.4 Å². The lowest BCUT2D eigenvalue weighted by Crippen LogP contribution is -2.58. The third kappa shape index (κ3) is 5.56. The summed E-state index contributed by atoms with van der Waals surface area (Å²) in [6.45, 7) is 5.29. The van der Waals surface area contributed by atoms with Crippen LogP contribution in [0.25, 0.3) is 0 Å². The maximum atomic E-state index is 12.2. The normalized spacial score (nSPS) is 28.1. The van der Waals surface area contributed by atoms with Crippen molar-refractivity contribution in [1.29, 1.82) is 0 Å². The number of aliphatic hydroxyl groups is 1. The molecule has 0 aromatic carbocycles. The van der Waals surface area contributed by atoms with Crippen molar-refractivity contribution >= 4 is 15.9 Å². The number of carbonyl (C=O) groups is 1. The van der Waals surface area contributed by atoms with Gasteiger partial charge in [0.15, 0.2) is 0 Å². The standard InChI is InChI=1S/C14H28N2O4S/c1-4-8-21(19,20)16-12(3)13(18)15-14(10-17)7-5-6-11(2)9-14/h11-12,16-17H,4-10H2,1-3H3,(H,15,18). The second kappa shape index (κ2) is 7.56. The third-order valence-electron chi connectivity index (χ3n) is 4.00. The van der Waals surface area contributed by atoms with Crippen LogP contribution in [0.1, 0.15) is 52.9 Å². The van der Waals surface area contributed by atoms with Gasteiger partial charge in [0.25, 0.3) is 0 Å². The molecule has 0 spiro atoms. The van der Waals surface area contributed by atoms with Crippen LogP contribution in [0.4, 0.5) is 0 Å². The maximum absolute atomic E-state index is 12.2. The highest BCUT2D eigenvalue weighted by molar-refractivity contribution is 7.89. The lowest BCUT2D eigenvalue weighted by Gasteiger charge is -2.40. The van der Waals surface area contributed by atoms with Crippen LogP contribution in [-0.4, -0.2) is 43.4 Å². The molecule has 1 saturated carbocycles. The van der Waals surface area contributed by atoms with Gasteiger partial charge in [-0.15, -0.1) is 0 Å². The number of rotatable bonds is 7. The van der Waals surface area contributed by atoms with Crippen LogP contribution in [0.15, 0.2) is 0 Å². The van der Waals surface area contributed by atoms with Crippen LogP contribution in [0.2, 0.25) is 0 Å². The summed E-state index contributed by atoms with van der Waals surface area (Å²) in [4.78, 5) is 12.2. The van der Waals surface area contributed by atoms with Crippen molar-refractivity contribution in [2.45, 2.75) is 64.5 Å². The lowest BCUT2D eigenvalue weighted by molar-refractivity contribution is -0.125. The van der Waals surface area contributed by atoms with Gasteiger partial charge in [0.1, 0.15) is 0 Å². The summed E-state index contributed by atoms with van der Waals surface area (Å²) in [5.41, 5.74) is -0.612. The summed E-state index contributed by atoms with van der Waals surface area (Å²) < 4.78 is 25.8. The molecule has 124 valence electrons. The molecule has 1 fully saturated rings. The van der Waals surface area contributed by atoms with E-state index in [0.717, 1.165) is 25.7 Å². The SMILES string of the molecule is CCCS(=O)(=O)NC(C)C(=O)NC1(CO)CCCC(C)C1. The second-order valence-electron chi connectivity index (χ2n) is 6.29.